The minimum Gasteiger partial charge on any atom is -0.407 e. The van der Waals surface area contributed by atoms with E-state index >= 15 is 0 Å². The molecule has 0 atom stereocenters. The summed E-state index contributed by atoms with van der Waals surface area (Å²) in [5, 5.41) is 12.2. The molecule has 0 unspecified atom stereocenters. The van der Waals surface area contributed by atoms with E-state index in [0.717, 1.165) is 10.1 Å². The van der Waals surface area contributed by atoms with Gasteiger partial charge in [0.05, 0.1) is 24.7 Å². The van der Waals surface area contributed by atoms with E-state index in [2.05, 4.69) is 10.3 Å². The number of pyridine rings is 2. The number of likely N-dealkylation sites (tertiary alicyclic amines) is 1. The van der Waals surface area contributed by atoms with Crippen molar-refractivity contribution in [3.8, 4) is 6.07 Å². The number of benzene rings is 1. The van der Waals surface area contributed by atoms with E-state index in [1.807, 2.05) is 19.9 Å². The Morgan fingerprint density at radius 1 is 1.15 bits per heavy atom. The number of amides is 2. The molecule has 2 aromatic heterocycles. The van der Waals surface area contributed by atoms with Gasteiger partial charge in [-0.1, -0.05) is 26.0 Å². The highest BCUT2D eigenvalue weighted by molar-refractivity contribution is 6.61. The van der Waals surface area contributed by atoms with Crippen molar-refractivity contribution in [1.82, 2.24) is 19.8 Å². The maximum Gasteiger partial charge on any atom is 0.495 e. The fourth-order valence-electron chi connectivity index (χ4n) is 4.74. The van der Waals surface area contributed by atoms with Crippen LogP contribution in [0.5, 0.6) is 0 Å². The summed E-state index contributed by atoms with van der Waals surface area (Å²) in [6.07, 6.45) is 1.53. The lowest BCUT2D eigenvalue weighted by Gasteiger charge is -2.42. The van der Waals surface area contributed by atoms with E-state index in [4.69, 9.17) is 14.6 Å². The first-order valence-corrected chi connectivity index (χ1v) is 13.0. The van der Waals surface area contributed by atoms with Crippen LogP contribution >= 0.6 is 0 Å². The van der Waals surface area contributed by atoms with Crippen molar-refractivity contribution in [2.75, 3.05) is 26.3 Å². The molecule has 2 aliphatic heterocycles. The van der Waals surface area contributed by atoms with E-state index in [1.165, 1.54) is 24.1 Å². The van der Waals surface area contributed by atoms with Crippen LogP contribution < -0.4 is 16.3 Å². The molecular formula is C28H29BFN5O5. The number of carbonyl (C=O) groups excluding carboxylic acids is 2. The fourth-order valence-corrected chi connectivity index (χ4v) is 4.74. The van der Waals surface area contributed by atoms with Gasteiger partial charge < -0.3 is 19.5 Å². The minimum atomic E-state index is -1.46. The van der Waals surface area contributed by atoms with Crippen molar-refractivity contribution in [3.05, 3.63) is 69.6 Å². The van der Waals surface area contributed by atoms with Gasteiger partial charge in [0.2, 0.25) is 5.91 Å². The molecule has 0 saturated carbocycles. The lowest BCUT2D eigenvalue weighted by Crippen LogP contribution is -2.60. The van der Waals surface area contributed by atoms with Crippen molar-refractivity contribution in [1.29, 1.82) is 5.26 Å². The molecule has 0 radical (unpaired) electrons. The standard InChI is InChI=1S/C28H29BFN5O5/c1-27(2)16-39-29(40-17-27)21-8-20-9-22(25(37)33-11-19-6-4-18(10-31)5-7-19)26(38)35(24(20)32-12-21)13-23(36)34-14-28(3,30)15-34/h4-9,12H,11,13-17H2,1-3H3,(H,33,37). The number of alkyl halides is 1. The van der Waals surface area contributed by atoms with Crippen LogP contribution in [0.2, 0.25) is 0 Å². The van der Waals surface area contributed by atoms with E-state index in [9.17, 15) is 18.8 Å². The number of hydrogen-bond donors (Lipinski definition) is 1. The summed E-state index contributed by atoms with van der Waals surface area (Å²) in [7, 11) is -0.663. The first kappa shape index (κ1) is 27.5. The highest BCUT2D eigenvalue weighted by atomic mass is 19.1. The van der Waals surface area contributed by atoms with Crippen LogP contribution in [0.25, 0.3) is 11.0 Å². The quantitative estimate of drug-likeness (QED) is 0.466. The fraction of sp³-hybridized carbons (Fsp3) is 0.393. The largest absolute Gasteiger partial charge is 0.495 e. The Morgan fingerprint density at radius 2 is 1.82 bits per heavy atom. The number of hydrogen-bond acceptors (Lipinski definition) is 7. The van der Waals surface area contributed by atoms with Crippen LogP contribution in [0.1, 0.15) is 42.3 Å². The molecule has 0 aliphatic carbocycles. The molecule has 2 fully saturated rings. The summed E-state index contributed by atoms with van der Waals surface area (Å²) in [4.78, 5) is 45.4. The topological polar surface area (TPSA) is 127 Å². The van der Waals surface area contributed by atoms with Gasteiger partial charge in [-0.15, -0.1) is 0 Å². The van der Waals surface area contributed by atoms with Crippen molar-refractivity contribution >= 4 is 35.4 Å². The third-order valence-electron chi connectivity index (χ3n) is 6.94. The van der Waals surface area contributed by atoms with E-state index in [0.29, 0.717) is 29.6 Å². The highest BCUT2D eigenvalue weighted by Crippen LogP contribution is 2.25. The summed E-state index contributed by atoms with van der Waals surface area (Å²) < 4.78 is 26.9. The number of halogens is 1. The normalized spacial score (nSPS) is 17.7. The zero-order chi connectivity index (χ0) is 28.7. The van der Waals surface area contributed by atoms with Crippen LogP contribution in [0, 0.1) is 16.7 Å². The van der Waals surface area contributed by atoms with Gasteiger partial charge in [-0.3, -0.25) is 19.0 Å². The Labute approximate surface area is 230 Å². The lowest BCUT2D eigenvalue weighted by atomic mass is 9.76. The third-order valence-corrected chi connectivity index (χ3v) is 6.94. The minimum absolute atomic E-state index is 0.0619. The number of rotatable bonds is 6. The number of nitrogens with one attached hydrogen (secondary N) is 1. The molecule has 4 heterocycles. The molecule has 1 N–H and O–H groups in total. The Bertz CT molecular complexity index is 1560. The van der Waals surface area contributed by atoms with Gasteiger partial charge in [-0.2, -0.15) is 5.26 Å². The van der Waals surface area contributed by atoms with Crippen molar-refractivity contribution in [2.24, 2.45) is 5.41 Å². The number of nitriles is 1. The summed E-state index contributed by atoms with van der Waals surface area (Å²) in [6, 6.07) is 11.9. The van der Waals surface area contributed by atoms with E-state index in [-0.39, 0.29) is 42.8 Å². The molecule has 5 rings (SSSR count). The van der Waals surface area contributed by atoms with E-state index in [1.54, 1.807) is 30.3 Å². The van der Waals surface area contributed by atoms with Crippen molar-refractivity contribution in [2.45, 2.75) is 39.5 Å². The maximum atomic E-state index is 14.0. The molecule has 0 bridgehead atoms. The Morgan fingerprint density at radius 3 is 2.45 bits per heavy atom. The van der Waals surface area contributed by atoms with Crippen LogP contribution in [0.3, 0.4) is 0 Å². The van der Waals surface area contributed by atoms with Gasteiger partial charge in [-0.05, 0) is 36.8 Å². The predicted octanol–water partition coefficient (Wildman–Crippen LogP) is 1.54. The SMILES string of the molecule is CC1(C)COB(c2cnc3c(c2)cc(C(=O)NCc2ccc(C#N)cc2)c(=O)n3CC(=O)N2CC(C)(F)C2)OC1. The molecule has 3 aromatic rings. The predicted molar refractivity (Wildman–Crippen MR) is 145 cm³/mol. The monoisotopic (exact) mass is 545 g/mol. The Hall–Kier alpha value is -4.08. The maximum absolute atomic E-state index is 14.0. The summed E-state index contributed by atoms with van der Waals surface area (Å²) in [6.45, 7) is 6.05. The molecule has 206 valence electrons. The number of aromatic nitrogens is 2. The molecule has 0 spiro atoms. The van der Waals surface area contributed by atoms with Gasteiger partial charge in [0, 0.05) is 42.2 Å². The molecule has 2 amide bonds. The first-order chi connectivity index (χ1) is 18.9. The first-order valence-electron chi connectivity index (χ1n) is 13.0. The molecule has 2 saturated heterocycles. The molecule has 40 heavy (non-hydrogen) atoms. The van der Waals surface area contributed by atoms with Crippen LogP contribution in [-0.4, -0.2) is 65.4 Å². The van der Waals surface area contributed by atoms with Crippen molar-refractivity contribution in [3.63, 3.8) is 0 Å². The zero-order valence-electron chi connectivity index (χ0n) is 22.6. The molecular weight excluding hydrogens is 516 g/mol. The third kappa shape index (κ3) is 5.76. The zero-order valence-corrected chi connectivity index (χ0v) is 22.6. The molecule has 1 aromatic carbocycles. The van der Waals surface area contributed by atoms with Gasteiger partial charge in [0.1, 0.15) is 23.4 Å². The van der Waals surface area contributed by atoms with Gasteiger partial charge in [0.25, 0.3) is 11.5 Å². The Kier molecular flexibility index (Phi) is 7.20. The number of fused-ring (bicyclic) bond motifs is 1. The molecule has 12 heteroatoms. The van der Waals surface area contributed by atoms with Crippen molar-refractivity contribution < 1.29 is 23.3 Å². The summed E-state index contributed by atoms with van der Waals surface area (Å²) >= 11 is 0. The summed E-state index contributed by atoms with van der Waals surface area (Å²) in [5.41, 5.74) is -0.386. The number of nitrogens with zero attached hydrogens (tertiary/aromatic N) is 4. The second-order valence-corrected chi connectivity index (χ2v) is 11.4. The summed E-state index contributed by atoms with van der Waals surface area (Å²) in [5.74, 6) is -1.07. The smallest absolute Gasteiger partial charge is 0.407 e. The Balaban J connectivity index is 1.46. The van der Waals surface area contributed by atoms with Crippen LogP contribution in [0.4, 0.5) is 4.39 Å². The molecule has 2 aliphatic rings. The van der Waals surface area contributed by atoms with Crippen LogP contribution in [-0.2, 0) is 27.2 Å². The lowest BCUT2D eigenvalue weighted by molar-refractivity contribution is -0.144. The van der Waals surface area contributed by atoms with Gasteiger partial charge >= 0.3 is 7.12 Å². The average molecular weight is 545 g/mol. The average Bonchev–Trinajstić information content (AvgIpc) is 2.91. The van der Waals surface area contributed by atoms with E-state index < -0.39 is 30.2 Å². The van der Waals surface area contributed by atoms with Gasteiger partial charge in [-0.25, -0.2) is 9.37 Å². The highest BCUT2D eigenvalue weighted by Gasteiger charge is 2.41. The van der Waals surface area contributed by atoms with Crippen LogP contribution in [0.15, 0.2) is 47.4 Å². The number of carbonyl (C=O) groups is 2. The van der Waals surface area contributed by atoms with Gasteiger partial charge in [0.15, 0.2) is 0 Å². The molecule has 10 nitrogen and oxygen atoms in total. The second-order valence-electron chi connectivity index (χ2n) is 11.4. The second kappa shape index (κ2) is 10.5.